The molecule has 0 aliphatic carbocycles. The number of nitrogens with zero attached hydrogens (tertiary/aromatic N) is 4. The number of carbonyl (C=O) groups is 1. The maximum atomic E-state index is 13.3. The van der Waals surface area contributed by atoms with Crippen molar-refractivity contribution in [3.05, 3.63) is 69.1 Å². The number of halogens is 1. The SMILES string of the molecule is Cc1c(Cl)cccc1N=C1SCCN1C(=O)c1nn(C)c(=O)c2ccccc12. The number of thioether (sulfide) groups is 1. The highest BCUT2D eigenvalue weighted by Gasteiger charge is 2.29. The third kappa shape index (κ3) is 3.21. The van der Waals surface area contributed by atoms with Gasteiger partial charge in [0.05, 0.1) is 11.1 Å². The van der Waals surface area contributed by atoms with Gasteiger partial charge in [-0.05, 0) is 30.7 Å². The van der Waals surface area contributed by atoms with Crippen molar-refractivity contribution in [2.75, 3.05) is 12.3 Å². The van der Waals surface area contributed by atoms with Crippen LogP contribution in [0.15, 0.2) is 52.3 Å². The van der Waals surface area contributed by atoms with Gasteiger partial charge in [-0.3, -0.25) is 14.5 Å². The number of carbonyl (C=O) groups excluding carboxylic acids is 1. The van der Waals surface area contributed by atoms with Crippen LogP contribution in [0.2, 0.25) is 5.02 Å². The van der Waals surface area contributed by atoms with Crippen LogP contribution in [0.5, 0.6) is 0 Å². The second-order valence-corrected chi connectivity index (χ2v) is 7.88. The molecule has 8 heteroatoms. The number of aryl methyl sites for hydroxylation is 1. The van der Waals surface area contributed by atoms with Crippen LogP contribution in [-0.2, 0) is 7.05 Å². The molecule has 0 bridgehead atoms. The summed E-state index contributed by atoms with van der Waals surface area (Å²) in [6.45, 7) is 2.43. The number of aromatic nitrogens is 2. The van der Waals surface area contributed by atoms with E-state index in [1.54, 1.807) is 36.2 Å². The molecule has 1 fully saturated rings. The van der Waals surface area contributed by atoms with E-state index < -0.39 is 0 Å². The van der Waals surface area contributed by atoms with Gasteiger partial charge in [-0.1, -0.05) is 47.6 Å². The molecule has 28 heavy (non-hydrogen) atoms. The first kappa shape index (κ1) is 18.7. The number of hydrogen-bond donors (Lipinski definition) is 0. The molecule has 3 aromatic rings. The zero-order valence-corrected chi connectivity index (χ0v) is 16.9. The van der Waals surface area contributed by atoms with Gasteiger partial charge >= 0.3 is 0 Å². The minimum absolute atomic E-state index is 0.230. The lowest BCUT2D eigenvalue weighted by molar-refractivity contribution is 0.0853. The molecule has 142 valence electrons. The smallest absolute Gasteiger partial charge is 0.280 e. The van der Waals surface area contributed by atoms with Crippen molar-refractivity contribution in [3.63, 3.8) is 0 Å². The maximum Gasteiger partial charge on any atom is 0.280 e. The predicted molar refractivity (Wildman–Crippen MR) is 114 cm³/mol. The molecule has 1 amide bonds. The molecular weight excluding hydrogens is 396 g/mol. The highest BCUT2D eigenvalue weighted by molar-refractivity contribution is 8.14. The average molecular weight is 413 g/mol. The number of rotatable bonds is 2. The van der Waals surface area contributed by atoms with Crippen LogP contribution < -0.4 is 5.56 Å². The molecule has 4 rings (SSSR count). The Morgan fingerprint density at radius 3 is 2.71 bits per heavy atom. The van der Waals surface area contributed by atoms with E-state index in [0.717, 1.165) is 17.0 Å². The minimum atomic E-state index is -0.268. The molecule has 2 heterocycles. The number of hydrogen-bond acceptors (Lipinski definition) is 5. The summed E-state index contributed by atoms with van der Waals surface area (Å²) in [5.74, 6) is 0.476. The lowest BCUT2D eigenvalue weighted by atomic mass is 10.1. The van der Waals surface area contributed by atoms with Gasteiger partial charge in [0.2, 0.25) is 0 Å². The van der Waals surface area contributed by atoms with Crippen molar-refractivity contribution >= 4 is 50.9 Å². The number of amidine groups is 1. The van der Waals surface area contributed by atoms with E-state index in [1.165, 1.54) is 16.4 Å². The summed E-state index contributed by atoms with van der Waals surface area (Å²) in [7, 11) is 1.55. The molecule has 1 aliphatic rings. The summed E-state index contributed by atoms with van der Waals surface area (Å²) >= 11 is 7.70. The van der Waals surface area contributed by atoms with Gasteiger partial charge in [0.15, 0.2) is 10.9 Å². The topological polar surface area (TPSA) is 67.6 Å². The standard InChI is InChI=1S/C20H17ClN4O2S/c1-12-15(21)8-5-9-16(12)22-20-25(10-11-28-20)19(27)17-13-6-3-4-7-14(13)18(26)24(2)23-17/h3-9H,10-11H2,1-2H3. The molecule has 0 atom stereocenters. The Kier molecular flexibility index (Phi) is 4.95. The average Bonchev–Trinajstić information content (AvgIpc) is 3.16. The van der Waals surface area contributed by atoms with Gasteiger partial charge in [0, 0.05) is 29.8 Å². The number of amides is 1. The normalized spacial score (nSPS) is 15.5. The van der Waals surface area contributed by atoms with Crippen molar-refractivity contribution in [2.24, 2.45) is 12.0 Å². The molecule has 1 saturated heterocycles. The van der Waals surface area contributed by atoms with E-state index in [9.17, 15) is 9.59 Å². The van der Waals surface area contributed by atoms with Crippen LogP contribution in [0.1, 0.15) is 16.1 Å². The molecular formula is C20H17ClN4O2S. The van der Waals surface area contributed by atoms with Gasteiger partial charge in [-0.15, -0.1) is 0 Å². The Morgan fingerprint density at radius 1 is 1.18 bits per heavy atom. The largest absolute Gasteiger partial charge is 0.285 e. The fourth-order valence-corrected chi connectivity index (χ4v) is 4.21. The zero-order chi connectivity index (χ0) is 19.8. The summed E-state index contributed by atoms with van der Waals surface area (Å²) < 4.78 is 1.21. The van der Waals surface area contributed by atoms with Crippen molar-refractivity contribution in [3.8, 4) is 0 Å². The summed E-state index contributed by atoms with van der Waals surface area (Å²) in [4.78, 5) is 31.9. The second-order valence-electron chi connectivity index (χ2n) is 6.41. The van der Waals surface area contributed by atoms with E-state index in [1.807, 2.05) is 25.1 Å². The van der Waals surface area contributed by atoms with Crippen LogP contribution in [0.25, 0.3) is 10.8 Å². The highest BCUT2D eigenvalue weighted by Crippen LogP contribution is 2.30. The lowest BCUT2D eigenvalue weighted by Gasteiger charge is -2.17. The van der Waals surface area contributed by atoms with Crippen LogP contribution >= 0.6 is 23.4 Å². The van der Waals surface area contributed by atoms with Gasteiger partial charge in [0.25, 0.3) is 11.5 Å². The fraction of sp³-hybridized carbons (Fsp3) is 0.200. The van der Waals surface area contributed by atoms with Crippen LogP contribution in [0.3, 0.4) is 0 Å². The molecule has 0 radical (unpaired) electrons. The van der Waals surface area contributed by atoms with Crippen molar-refractivity contribution in [1.29, 1.82) is 0 Å². The Labute approximate surface area is 170 Å². The Morgan fingerprint density at radius 2 is 1.93 bits per heavy atom. The van der Waals surface area contributed by atoms with Gasteiger partial charge in [-0.2, -0.15) is 5.10 Å². The molecule has 1 aromatic heterocycles. The van der Waals surface area contributed by atoms with E-state index in [2.05, 4.69) is 10.1 Å². The second kappa shape index (κ2) is 7.41. The van der Waals surface area contributed by atoms with Crippen LogP contribution in [-0.4, -0.2) is 38.1 Å². The first-order chi connectivity index (χ1) is 13.5. The fourth-order valence-electron chi connectivity index (χ4n) is 3.09. The molecule has 0 spiro atoms. The van der Waals surface area contributed by atoms with Crippen molar-refractivity contribution in [1.82, 2.24) is 14.7 Å². The maximum absolute atomic E-state index is 13.3. The molecule has 0 saturated carbocycles. The van der Waals surface area contributed by atoms with Crippen LogP contribution in [0.4, 0.5) is 5.69 Å². The predicted octanol–water partition coefficient (Wildman–Crippen LogP) is 3.77. The Bertz CT molecular complexity index is 1190. The van der Waals surface area contributed by atoms with Gasteiger partial charge < -0.3 is 0 Å². The highest BCUT2D eigenvalue weighted by atomic mass is 35.5. The summed E-state index contributed by atoms with van der Waals surface area (Å²) in [6, 6.07) is 12.5. The zero-order valence-electron chi connectivity index (χ0n) is 15.3. The first-order valence-corrected chi connectivity index (χ1v) is 10.1. The summed E-state index contributed by atoms with van der Waals surface area (Å²) in [6.07, 6.45) is 0. The molecule has 1 aliphatic heterocycles. The Balaban J connectivity index is 1.79. The van der Waals surface area contributed by atoms with Crippen molar-refractivity contribution in [2.45, 2.75) is 6.92 Å². The molecule has 0 N–H and O–H groups in total. The van der Waals surface area contributed by atoms with E-state index in [-0.39, 0.29) is 17.2 Å². The summed E-state index contributed by atoms with van der Waals surface area (Å²) in [5, 5.41) is 6.50. The Hall–Kier alpha value is -2.64. The lowest BCUT2D eigenvalue weighted by Crippen LogP contribution is -2.34. The minimum Gasteiger partial charge on any atom is -0.285 e. The van der Waals surface area contributed by atoms with Gasteiger partial charge in [0.1, 0.15) is 0 Å². The molecule has 6 nitrogen and oxygen atoms in total. The van der Waals surface area contributed by atoms with Gasteiger partial charge in [-0.25, -0.2) is 9.67 Å². The van der Waals surface area contributed by atoms with E-state index >= 15 is 0 Å². The monoisotopic (exact) mass is 412 g/mol. The number of aliphatic imine (C=N–C) groups is 1. The first-order valence-electron chi connectivity index (χ1n) is 8.72. The number of fused-ring (bicyclic) bond motifs is 1. The quantitative estimate of drug-likeness (QED) is 0.642. The van der Waals surface area contributed by atoms with E-state index in [0.29, 0.717) is 27.5 Å². The van der Waals surface area contributed by atoms with E-state index in [4.69, 9.17) is 11.6 Å². The van der Waals surface area contributed by atoms with Crippen LogP contribution in [0, 0.1) is 6.92 Å². The summed E-state index contributed by atoms with van der Waals surface area (Å²) in [5.41, 5.74) is 1.61. The third-order valence-corrected chi connectivity index (χ3v) is 6.00. The third-order valence-electron chi connectivity index (χ3n) is 4.64. The number of benzene rings is 2. The molecule has 0 unspecified atom stereocenters. The molecule has 2 aromatic carbocycles. The van der Waals surface area contributed by atoms with Crippen molar-refractivity contribution < 1.29 is 4.79 Å².